The first-order chi connectivity index (χ1) is 9.09. The van der Waals surface area contributed by atoms with Crippen molar-refractivity contribution in [3.63, 3.8) is 0 Å². The monoisotopic (exact) mass is 280 g/mol. The predicted molar refractivity (Wildman–Crippen MR) is 73.2 cm³/mol. The number of hydrogen-bond acceptors (Lipinski definition) is 5. The summed E-state index contributed by atoms with van der Waals surface area (Å²) >= 11 is 1.39. The molecule has 1 amide bonds. The van der Waals surface area contributed by atoms with Crippen LogP contribution in [0.15, 0.2) is 22.8 Å². The molecule has 0 spiro atoms. The Balaban J connectivity index is 1.58. The van der Waals surface area contributed by atoms with Gasteiger partial charge < -0.3 is 20.6 Å². The second-order valence-electron chi connectivity index (χ2n) is 5.18. The summed E-state index contributed by atoms with van der Waals surface area (Å²) in [4.78, 5) is 12.6. The van der Waals surface area contributed by atoms with Crippen LogP contribution >= 0.6 is 11.3 Å². The highest BCUT2D eigenvalue weighted by Gasteiger charge is 2.41. The summed E-state index contributed by atoms with van der Waals surface area (Å²) in [5.41, 5.74) is 5.47. The van der Waals surface area contributed by atoms with Crippen LogP contribution in [0.1, 0.15) is 22.5 Å². The van der Waals surface area contributed by atoms with Crippen molar-refractivity contribution in [1.29, 1.82) is 0 Å². The highest BCUT2D eigenvalue weighted by Crippen LogP contribution is 2.36. The number of rotatable bonds is 4. The lowest BCUT2D eigenvalue weighted by atomic mass is 9.71. The van der Waals surface area contributed by atoms with E-state index < -0.39 is 5.60 Å². The second kappa shape index (κ2) is 4.63. The molecule has 3 rings (SSSR count). The Labute approximate surface area is 114 Å². The van der Waals surface area contributed by atoms with Gasteiger partial charge in [-0.2, -0.15) is 0 Å². The van der Waals surface area contributed by atoms with Gasteiger partial charge in [-0.1, -0.05) is 0 Å². The zero-order valence-electron chi connectivity index (χ0n) is 10.4. The molecule has 0 bridgehead atoms. The molecule has 2 heterocycles. The molecule has 2 aromatic heterocycles. The van der Waals surface area contributed by atoms with Gasteiger partial charge in [0.2, 0.25) is 0 Å². The largest absolute Gasteiger partial charge is 0.463 e. The summed E-state index contributed by atoms with van der Waals surface area (Å²) in [5.74, 6) is 0.215. The molecule has 102 valence electrons. The van der Waals surface area contributed by atoms with E-state index in [1.165, 1.54) is 11.3 Å². The fraction of sp³-hybridized carbons (Fsp3) is 0.462. The Morgan fingerprint density at radius 1 is 1.63 bits per heavy atom. The Morgan fingerprint density at radius 2 is 2.42 bits per heavy atom. The fourth-order valence-electron chi connectivity index (χ4n) is 2.54. The number of hydrogen-bond donors (Lipinski definition) is 3. The van der Waals surface area contributed by atoms with Crippen molar-refractivity contribution in [2.75, 3.05) is 13.1 Å². The van der Waals surface area contributed by atoms with Gasteiger partial charge in [0.1, 0.15) is 5.58 Å². The molecule has 0 radical (unpaired) electrons. The number of nitrogens with one attached hydrogen (secondary N) is 1. The van der Waals surface area contributed by atoms with E-state index in [0.717, 1.165) is 10.3 Å². The van der Waals surface area contributed by atoms with Crippen LogP contribution in [0.3, 0.4) is 0 Å². The molecule has 1 saturated carbocycles. The molecule has 0 saturated heterocycles. The van der Waals surface area contributed by atoms with E-state index in [4.69, 9.17) is 10.2 Å². The topological polar surface area (TPSA) is 88.5 Å². The smallest absolute Gasteiger partial charge is 0.261 e. The molecule has 0 atom stereocenters. The molecule has 5 nitrogen and oxygen atoms in total. The average molecular weight is 280 g/mol. The Bertz CT molecular complexity index is 569. The lowest BCUT2D eigenvalue weighted by Crippen LogP contribution is -2.53. The zero-order valence-corrected chi connectivity index (χ0v) is 11.2. The van der Waals surface area contributed by atoms with E-state index in [1.54, 1.807) is 12.3 Å². The van der Waals surface area contributed by atoms with Gasteiger partial charge in [0.25, 0.3) is 5.91 Å². The van der Waals surface area contributed by atoms with Gasteiger partial charge in [0.05, 0.1) is 21.4 Å². The van der Waals surface area contributed by atoms with Gasteiger partial charge in [-0.05, 0) is 31.4 Å². The first kappa shape index (κ1) is 12.7. The number of thiophene rings is 1. The van der Waals surface area contributed by atoms with Crippen molar-refractivity contribution >= 4 is 27.5 Å². The predicted octanol–water partition coefficient (Wildman–Crippen LogP) is 1.32. The summed E-state index contributed by atoms with van der Waals surface area (Å²) in [6.07, 6.45) is 2.93. The molecule has 19 heavy (non-hydrogen) atoms. The van der Waals surface area contributed by atoms with Crippen LogP contribution in [0.2, 0.25) is 0 Å². The van der Waals surface area contributed by atoms with Gasteiger partial charge in [-0.25, -0.2) is 0 Å². The lowest BCUT2D eigenvalue weighted by molar-refractivity contribution is -0.0664. The number of furan rings is 1. The normalized spacial score (nSPS) is 26.3. The SMILES string of the molecule is NCC1CC(O)(CNC(=O)c2cc3occc3s2)C1. The standard InChI is InChI=1S/C13H16N2O3S/c14-6-8-4-13(17,5-8)7-15-12(16)11-3-9-10(19-11)1-2-18-9/h1-3,8,17H,4-7,14H2,(H,15,16). The third-order valence-corrected chi connectivity index (χ3v) is 4.69. The Hall–Kier alpha value is -1.37. The van der Waals surface area contributed by atoms with Crippen LogP contribution in [0.5, 0.6) is 0 Å². The van der Waals surface area contributed by atoms with Crippen molar-refractivity contribution in [3.05, 3.63) is 23.3 Å². The van der Waals surface area contributed by atoms with E-state index in [2.05, 4.69) is 5.32 Å². The molecule has 1 aliphatic carbocycles. The van der Waals surface area contributed by atoms with E-state index >= 15 is 0 Å². The maximum absolute atomic E-state index is 12.0. The number of carbonyl (C=O) groups excluding carboxylic acids is 1. The summed E-state index contributed by atoms with van der Waals surface area (Å²) in [6, 6.07) is 3.56. The zero-order chi connectivity index (χ0) is 13.5. The van der Waals surface area contributed by atoms with Crippen molar-refractivity contribution in [2.45, 2.75) is 18.4 Å². The molecule has 0 aromatic carbocycles. The van der Waals surface area contributed by atoms with Crippen molar-refractivity contribution in [1.82, 2.24) is 5.32 Å². The van der Waals surface area contributed by atoms with Crippen LogP contribution in [-0.4, -0.2) is 29.7 Å². The second-order valence-corrected chi connectivity index (χ2v) is 6.26. The van der Waals surface area contributed by atoms with Crippen LogP contribution in [0.4, 0.5) is 0 Å². The average Bonchev–Trinajstić information content (AvgIpc) is 2.92. The molecule has 0 unspecified atom stereocenters. The van der Waals surface area contributed by atoms with Gasteiger partial charge in [-0.3, -0.25) is 4.79 Å². The quantitative estimate of drug-likeness (QED) is 0.788. The minimum Gasteiger partial charge on any atom is -0.463 e. The number of nitrogens with two attached hydrogens (primary N) is 1. The third-order valence-electron chi connectivity index (χ3n) is 3.61. The van der Waals surface area contributed by atoms with E-state index in [0.29, 0.717) is 30.2 Å². The molecule has 1 fully saturated rings. The summed E-state index contributed by atoms with van der Waals surface area (Å²) in [7, 11) is 0. The summed E-state index contributed by atoms with van der Waals surface area (Å²) in [5, 5.41) is 12.9. The van der Waals surface area contributed by atoms with E-state index in [9.17, 15) is 9.90 Å². The van der Waals surface area contributed by atoms with Crippen LogP contribution in [0, 0.1) is 5.92 Å². The molecule has 4 N–H and O–H groups in total. The maximum atomic E-state index is 12.0. The molecular weight excluding hydrogens is 264 g/mol. The third kappa shape index (κ3) is 2.39. The van der Waals surface area contributed by atoms with E-state index in [-0.39, 0.29) is 12.5 Å². The highest BCUT2D eigenvalue weighted by molar-refractivity contribution is 7.20. The maximum Gasteiger partial charge on any atom is 0.261 e. The number of aliphatic hydroxyl groups is 1. The number of amides is 1. The van der Waals surface area contributed by atoms with Crippen molar-refractivity contribution in [2.24, 2.45) is 11.7 Å². The fourth-order valence-corrected chi connectivity index (χ4v) is 3.43. The first-order valence-corrected chi connectivity index (χ1v) is 7.09. The van der Waals surface area contributed by atoms with Crippen molar-refractivity contribution < 1.29 is 14.3 Å². The van der Waals surface area contributed by atoms with Gasteiger partial charge >= 0.3 is 0 Å². The summed E-state index contributed by atoms with van der Waals surface area (Å²) < 4.78 is 6.18. The van der Waals surface area contributed by atoms with E-state index in [1.807, 2.05) is 6.07 Å². The first-order valence-electron chi connectivity index (χ1n) is 6.27. The van der Waals surface area contributed by atoms with Crippen LogP contribution in [-0.2, 0) is 0 Å². The number of carbonyl (C=O) groups is 1. The molecule has 0 aliphatic heterocycles. The van der Waals surface area contributed by atoms with Crippen LogP contribution in [0.25, 0.3) is 10.3 Å². The lowest BCUT2D eigenvalue weighted by Gasteiger charge is -2.43. The molecule has 2 aromatic rings. The minimum absolute atomic E-state index is 0.166. The van der Waals surface area contributed by atoms with Gasteiger partial charge in [0, 0.05) is 12.6 Å². The Kier molecular flexibility index (Phi) is 3.08. The Morgan fingerprint density at radius 3 is 3.11 bits per heavy atom. The molecule has 6 heteroatoms. The molecular formula is C13H16N2O3S. The minimum atomic E-state index is -0.782. The summed E-state index contributed by atoms with van der Waals surface area (Å²) in [6.45, 7) is 0.874. The highest BCUT2D eigenvalue weighted by atomic mass is 32.1. The van der Waals surface area contributed by atoms with Gasteiger partial charge in [-0.15, -0.1) is 11.3 Å². The van der Waals surface area contributed by atoms with Crippen molar-refractivity contribution in [3.8, 4) is 0 Å². The number of fused-ring (bicyclic) bond motifs is 1. The molecule has 1 aliphatic rings. The van der Waals surface area contributed by atoms with Gasteiger partial charge in [0.15, 0.2) is 0 Å². The van der Waals surface area contributed by atoms with Crippen LogP contribution < -0.4 is 11.1 Å².